The van der Waals surface area contributed by atoms with Gasteiger partial charge in [0.05, 0.1) is 0 Å². The van der Waals surface area contributed by atoms with Gasteiger partial charge in [-0.25, -0.2) is 8.60 Å². The van der Waals surface area contributed by atoms with E-state index in [2.05, 4.69) is 4.90 Å². The molecule has 1 aromatic rings. The molecular formula is C17H23FN2O5S. The molecule has 9 heteroatoms. The molecule has 2 atom stereocenters. The van der Waals surface area contributed by atoms with Gasteiger partial charge in [0.1, 0.15) is 16.6 Å². The lowest BCUT2D eigenvalue weighted by Gasteiger charge is -2.46. The zero-order valence-electron chi connectivity index (χ0n) is 14.3. The second kappa shape index (κ2) is 7.99. The lowest BCUT2D eigenvalue weighted by Crippen LogP contribution is -2.60. The number of carboxylic acid groups (broad SMARTS) is 1. The number of piperazine rings is 1. The molecule has 0 bridgehead atoms. The topological polar surface area (TPSA) is 90.3 Å². The molecule has 0 saturated carbocycles. The number of rotatable bonds is 5. The summed E-state index contributed by atoms with van der Waals surface area (Å²) in [5.74, 6) is -1.35. The van der Waals surface area contributed by atoms with Crippen LogP contribution in [0.2, 0.25) is 0 Å². The summed E-state index contributed by atoms with van der Waals surface area (Å²) in [5, 5.41) is 8.85. The molecule has 2 heterocycles. The highest BCUT2D eigenvalue weighted by molar-refractivity contribution is 7.79. The number of halogens is 1. The number of carbonyl (C=O) groups is 1. The van der Waals surface area contributed by atoms with Gasteiger partial charge in [-0.2, -0.15) is 0 Å². The molecule has 2 aliphatic heterocycles. The van der Waals surface area contributed by atoms with Crippen LogP contribution in [-0.2, 0) is 20.6 Å². The van der Waals surface area contributed by atoms with E-state index in [9.17, 15) is 23.1 Å². The molecule has 2 unspecified atom stereocenters. The molecule has 26 heavy (non-hydrogen) atoms. The van der Waals surface area contributed by atoms with Crippen LogP contribution in [0, 0.1) is 11.2 Å². The van der Waals surface area contributed by atoms with Crippen LogP contribution < -0.4 is 4.90 Å². The van der Waals surface area contributed by atoms with Gasteiger partial charge >= 0.3 is 5.97 Å². The fourth-order valence-corrected chi connectivity index (χ4v) is 5.03. The summed E-state index contributed by atoms with van der Waals surface area (Å²) in [6.45, 7) is 2.62. The molecule has 2 aliphatic rings. The Morgan fingerprint density at radius 1 is 1.15 bits per heavy atom. The van der Waals surface area contributed by atoms with Crippen molar-refractivity contribution in [1.82, 2.24) is 4.90 Å². The third kappa shape index (κ3) is 3.75. The third-order valence-electron chi connectivity index (χ3n) is 5.31. The highest BCUT2D eigenvalue weighted by atomic mass is 32.2. The minimum Gasteiger partial charge on any atom is -0.481 e. The minimum atomic E-state index is -2.30. The van der Waals surface area contributed by atoms with Crippen molar-refractivity contribution < 1.29 is 27.8 Å². The van der Waals surface area contributed by atoms with Gasteiger partial charge in [0.2, 0.25) is 0 Å². The Kier molecular flexibility index (Phi) is 5.91. The fraction of sp³-hybridized carbons (Fsp3) is 0.588. The molecule has 0 aromatic heterocycles. The van der Waals surface area contributed by atoms with Crippen molar-refractivity contribution in [2.45, 2.75) is 18.2 Å². The van der Waals surface area contributed by atoms with E-state index in [1.54, 1.807) is 17.0 Å². The van der Waals surface area contributed by atoms with Crippen LogP contribution in [0.25, 0.3) is 0 Å². The molecule has 144 valence electrons. The first-order chi connectivity index (χ1) is 12.4. The first-order valence-corrected chi connectivity index (χ1v) is 9.76. The fourth-order valence-electron chi connectivity index (χ4n) is 3.84. The van der Waals surface area contributed by atoms with E-state index >= 15 is 0 Å². The number of hydrogen-bond acceptors (Lipinski definition) is 5. The number of carboxylic acids is 1. The Hall–Kier alpha value is -1.55. The normalized spacial score (nSPS) is 23.4. The van der Waals surface area contributed by atoms with Crippen LogP contribution in [-0.4, -0.2) is 69.5 Å². The number of aliphatic carboxylic acids is 1. The van der Waals surface area contributed by atoms with Crippen LogP contribution in [0.15, 0.2) is 24.3 Å². The van der Waals surface area contributed by atoms with E-state index in [4.69, 9.17) is 4.74 Å². The smallest absolute Gasteiger partial charge is 0.312 e. The van der Waals surface area contributed by atoms with Crippen molar-refractivity contribution in [3.8, 4) is 0 Å². The predicted octanol–water partition coefficient (Wildman–Crippen LogP) is 1.38. The van der Waals surface area contributed by atoms with Gasteiger partial charge in [-0.3, -0.25) is 9.69 Å². The number of nitrogens with zero attached hydrogens (tertiary/aromatic N) is 2. The maximum absolute atomic E-state index is 13.1. The zero-order chi connectivity index (χ0) is 18.7. The van der Waals surface area contributed by atoms with Gasteiger partial charge in [0.15, 0.2) is 11.1 Å². The molecule has 0 aliphatic carbocycles. The van der Waals surface area contributed by atoms with Crippen LogP contribution in [0.5, 0.6) is 0 Å². The second-order valence-corrected chi connectivity index (χ2v) is 7.70. The Labute approximate surface area is 154 Å². The van der Waals surface area contributed by atoms with Crippen LogP contribution >= 0.6 is 0 Å². The average Bonchev–Trinajstić information content (AvgIpc) is 2.63. The van der Waals surface area contributed by atoms with Crippen LogP contribution in [0.4, 0.5) is 10.1 Å². The van der Waals surface area contributed by atoms with Crippen molar-refractivity contribution >= 4 is 22.7 Å². The molecule has 3 rings (SSSR count). The van der Waals surface area contributed by atoms with Crippen LogP contribution in [0.3, 0.4) is 0 Å². The summed E-state index contributed by atoms with van der Waals surface area (Å²) in [7, 11) is 0. The van der Waals surface area contributed by atoms with E-state index in [1.165, 1.54) is 12.1 Å². The van der Waals surface area contributed by atoms with Gasteiger partial charge in [-0.1, -0.05) is 0 Å². The standard InChI is InChI=1S/C17H23FN2O5S/c18-13-1-3-14(4-2-13)19-7-9-20(10-8-19)15(26(23)24)17(16(21)22)5-11-25-12-6-17/h1-4,15H,5-12H2,(H,21,22)(H,23,24). The first-order valence-electron chi connectivity index (χ1n) is 8.59. The first kappa shape index (κ1) is 19.2. The Balaban J connectivity index is 1.75. The number of benzene rings is 1. The second-order valence-electron chi connectivity index (χ2n) is 6.70. The summed E-state index contributed by atoms with van der Waals surface area (Å²) < 4.78 is 40.4. The largest absolute Gasteiger partial charge is 0.481 e. The summed E-state index contributed by atoms with van der Waals surface area (Å²) >= 11 is -2.30. The molecule has 0 spiro atoms. The quantitative estimate of drug-likeness (QED) is 0.739. The molecule has 0 radical (unpaired) electrons. The van der Waals surface area contributed by atoms with E-state index in [0.717, 1.165) is 5.69 Å². The van der Waals surface area contributed by atoms with Crippen molar-refractivity contribution in [2.75, 3.05) is 44.3 Å². The van der Waals surface area contributed by atoms with E-state index in [-0.39, 0.29) is 31.9 Å². The van der Waals surface area contributed by atoms with Gasteiger partial charge in [0, 0.05) is 45.1 Å². The third-order valence-corrected chi connectivity index (χ3v) is 6.44. The number of ether oxygens (including phenoxy) is 1. The zero-order valence-corrected chi connectivity index (χ0v) is 15.2. The Morgan fingerprint density at radius 2 is 1.73 bits per heavy atom. The van der Waals surface area contributed by atoms with Gasteiger partial charge in [-0.15, -0.1) is 0 Å². The van der Waals surface area contributed by atoms with Gasteiger partial charge in [-0.05, 0) is 37.1 Å². The lowest BCUT2D eigenvalue weighted by atomic mass is 9.79. The van der Waals surface area contributed by atoms with Gasteiger partial charge in [0.25, 0.3) is 0 Å². The van der Waals surface area contributed by atoms with Gasteiger partial charge < -0.3 is 19.3 Å². The predicted molar refractivity (Wildman–Crippen MR) is 94.9 cm³/mol. The summed E-state index contributed by atoms with van der Waals surface area (Å²) in [4.78, 5) is 15.9. The number of hydrogen-bond donors (Lipinski definition) is 2. The SMILES string of the molecule is O=C(O)C1(C(N2CCN(c3ccc(F)cc3)CC2)S(=O)O)CCOCC1. The van der Waals surface area contributed by atoms with Crippen LogP contribution in [0.1, 0.15) is 12.8 Å². The molecule has 1 aromatic carbocycles. The van der Waals surface area contributed by atoms with E-state index in [0.29, 0.717) is 26.2 Å². The summed E-state index contributed by atoms with van der Waals surface area (Å²) in [5.41, 5.74) is -0.401. The maximum Gasteiger partial charge on any atom is 0.312 e. The van der Waals surface area contributed by atoms with Crippen molar-refractivity contribution in [1.29, 1.82) is 0 Å². The molecule has 7 nitrogen and oxygen atoms in total. The average molecular weight is 386 g/mol. The van der Waals surface area contributed by atoms with E-state index in [1.807, 2.05) is 0 Å². The molecule has 2 fully saturated rings. The summed E-state index contributed by atoms with van der Waals surface area (Å²) in [6.07, 6.45) is 0.439. The van der Waals surface area contributed by atoms with Crippen molar-refractivity contribution in [2.24, 2.45) is 5.41 Å². The van der Waals surface area contributed by atoms with Crippen molar-refractivity contribution in [3.63, 3.8) is 0 Å². The maximum atomic E-state index is 13.1. The van der Waals surface area contributed by atoms with E-state index < -0.39 is 27.8 Å². The van der Waals surface area contributed by atoms with Crippen molar-refractivity contribution in [3.05, 3.63) is 30.1 Å². The number of anilines is 1. The highest BCUT2D eigenvalue weighted by Gasteiger charge is 2.52. The summed E-state index contributed by atoms with van der Waals surface area (Å²) in [6, 6.07) is 6.19. The highest BCUT2D eigenvalue weighted by Crippen LogP contribution is 2.39. The molecule has 0 amide bonds. The minimum absolute atomic E-state index is 0.220. The lowest BCUT2D eigenvalue weighted by molar-refractivity contribution is -0.158. The Bertz CT molecular complexity index is 658. The Morgan fingerprint density at radius 3 is 2.23 bits per heavy atom. The molecule has 2 saturated heterocycles. The monoisotopic (exact) mass is 386 g/mol. The molecular weight excluding hydrogens is 363 g/mol. The molecule has 2 N–H and O–H groups in total.